The fourth-order valence-electron chi connectivity index (χ4n) is 0.806. The van der Waals surface area contributed by atoms with Crippen LogP contribution in [0.5, 0.6) is 0 Å². The van der Waals surface area contributed by atoms with E-state index in [9.17, 15) is 39.5 Å². The first-order valence-electron chi connectivity index (χ1n) is 19.0. The summed E-state index contributed by atoms with van der Waals surface area (Å²) in [4.78, 5) is 0. The summed E-state index contributed by atoms with van der Waals surface area (Å²) in [6, 6.07) is 0. The van der Waals surface area contributed by atoms with E-state index >= 15 is 0 Å². The fraction of sp³-hybridized carbons (Fsp3) is 1.00. The summed E-state index contributed by atoms with van der Waals surface area (Å²) >= 11 is 0. The predicted molar refractivity (Wildman–Crippen MR) is 209 cm³/mol. The number of rotatable bonds is 12. The molecule has 318 valence electrons. The van der Waals surface area contributed by atoms with Crippen LogP contribution in [0.1, 0.15) is 190 Å². The second-order valence-electron chi connectivity index (χ2n) is 14.0. The van der Waals surface area contributed by atoms with Crippen molar-refractivity contribution in [2.24, 2.45) is 47.3 Å². The molecule has 0 N–H and O–H groups in total. The molecule has 5 atom stereocenters. The molecule has 0 heterocycles. The smallest absolute Gasteiger partial charge is 0.251 e. The fourth-order valence-corrected chi connectivity index (χ4v) is 0.806. The van der Waals surface area contributed by atoms with Crippen LogP contribution in [0.3, 0.4) is 0 Å². The lowest BCUT2D eigenvalue weighted by molar-refractivity contribution is -0.170. The monoisotopic (exact) mass is 755 g/mol. The van der Waals surface area contributed by atoms with E-state index in [0.717, 1.165) is 30.6 Å². The molecule has 50 heavy (non-hydrogen) atoms. The number of alkyl halides is 9. The summed E-state index contributed by atoms with van der Waals surface area (Å²) < 4.78 is 103. The average Bonchev–Trinajstić information content (AvgIpc) is 3.07. The van der Waals surface area contributed by atoms with Gasteiger partial charge in [0, 0.05) is 11.8 Å². The molecule has 0 nitrogen and oxygen atoms in total. The first kappa shape index (κ1) is 70.9. The average molecular weight is 755 g/mol. The zero-order valence-electron chi connectivity index (χ0n) is 35.7. The highest BCUT2D eigenvalue weighted by Gasteiger charge is 2.33. The van der Waals surface area contributed by atoms with Gasteiger partial charge in [0.2, 0.25) is 12.9 Å². The molecule has 0 bridgehead atoms. The van der Waals surface area contributed by atoms with Crippen LogP contribution in [0.25, 0.3) is 0 Å². The molecule has 0 saturated carbocycles. The second kappa shape index (κ2) is 52.7. The Balaban J connectivity index is -0.0000000550. The Morgan fingerprint density at radius 1 is 0.380 bits per heavy atom. The molecule has 9 heteroatoms. The maximum atomic E-state index is 11.4. The lowest BCUT2D eigenvalue weighted by Crippen LogP contribution is -2.18. The molecular formula is C41H91F9. The molecule has 0 radical (unpaired) electrons. The van der Waals surface area contributed by atoms with Gasteiger partial charge in [0.15, 0.2) is 0 Å². The van der Waals surface area contributed by atoms with E-state index < -0.39 is 36.8 Å². The summed E-state index contributed by atoms with van der Waals surface area (Å²) in [6.45, 7) is 36.7. The minimum Gasteiger partial charge on any atom is -0.251 e. The van der Waals surface area contributed by atoms with Gasteiger partial charge >= 0.3 is 6.18 Å². The summed E-state index contributed by atoms with van der Waals surface area (Å²) in [5, 5.41) is 0. The van der Waals surface area contributed by atoms with E-state index in [1.165, 1.54) is 33.1 Å². The van der Waals surface area contributed by atoms with Crippen LogP contribution in [0.15, 0.2) is 0 Å². The predicted octanol–water partition coefficient (Wildman–Crippen LogP) is 18.0. The summed E-state index contributed by atoms with van der Waals surface area (Å²) in [7, 11) is 0. The van der Waals surface area contributed by atoms with Crippen molar-refractivity contribution in [3.05, 3.63) is 0 Å². The second-order valence-corrected chi connectivity index (χ2v) is 14.0. The molecular weight excluding hydrogens is 663 g/mol. The molecule has 0 aliphatic rings. The molecule has 0 aromatic carbocycles. The van der Waals surface area contributed by atoms with E-state index in [1.807, 2.05) is 27.7 Å². The van der Waals surface area contributed by atoms with E-state index in [2.05, 4.69) is 62.3 Å². The SMILES string of the molecule is C.CCC(C)C.CCC(C)C.CCC(C)C.CCC(C)C(F)(F)F.CCC(C)C(F)F.CCC(C)C(F)F.CCC(C)CF.CCC(C)CF. The van der Waals surface area contributed by atoms with Gasteiger partial charge in [-0.15, -0.1) is 0 Å². The number of hydrogen-bond donors (Lipinski definition) is 0. The van der Waals surface area contributed by atoms with Crippen molar-refractivity contribution < 1.29 is 39.5 Å². The van der Waals surface area contributed by atoms with Crippen LogP contribution in [0.2, 0.25) is 0 Å². The number of halogens is 9. The van der Waals surface area contributed by atoms with E-state index in [-0.39, 0.29) is 39.0 Å². The maximum absolute atomic E-state index is 11.4. The Morgan fingerprint density at radius 2 is 0.580 bits per heavy atom. The van der Waals surface area contributed by atoms with E-state index in [0.29, 0.717) is 12.8 Å². The van der Waals surface area contributed by atoms with Gasteiger partial charge in [0.25, 0.3) is 0 Å². The van der Waals surface area contributed by atoms with Gasteiger partial charge in [0.1, 0.15) is 0 Å². The van der Waals surface area contributed by atoms with Gasteiger partial charge in [-0.2, -0.15) is 13.2 Å². The summed E-state index contributed by atoms with van der Waals surface area (Å²) in [5.74, 6) is 1.18. The van der Waals surface area contributed by atoms with Crippen molar-refractivity contribution in [3.63, 3.8) is 0 Å². The van der Waals surface area contributed by atoms with Crippen molar-refractivity contribution in [1.82, 2.24) is 0 Å². The molecule has 0 fully saturated rings. The Labute approximate surface area is 309 Å². The summed E-state index contributed by atoms with van der Waals surface area (Å²) in [5.41, 5.74) is 0. The highest BCUT2D eigenvalue weighted by Crippen LogP contribution is 2.27. The minimum atomic E-state index is -3.99. The first-order valence-corrected chi connectivity index (χ1v) is 19.0. The first-order chi connectivity index (χ1) is 22.3. The number of hydrogen-bond acceptors (Lipinski definition) is 0. The van der Waals surface area contributed by atoms with Crippen LogP contribution >= 0.6 is 0 Å². The largest absolute Gasteiger partial charge is 0.391 e. The Kier molecular flexibility index (Phi) is 74.7. The van der Waals surface area contributed by atoms with Crippen LogP contribution in [-0.4, -0.2) is 32.4 Å². The van der Waals surface area contributed by atoms with Crippen LogP contribution < -0.4 is 0 Å². The van der Waals surface area contributed by atoms with Gasteiger partial charge < -0.3 is 0 Å². The molecule has 0 rings (SSSR count). The molecule has 0 amide bonds. The normalized spacial score (nSPS) is 13.1. The topological polar surface area (TPSA) is 0 Å². The minimum absolute atomic E-state index is 0. The van der Waals surface area contributed by atoms with Crippen molar-refractivity contribution in [1.29, 1.82) is 0 Å². The zero-order valence-corrected chi connectivity index (χ0v) is 35.7. The maximum Gasteiger partial charge on any atom is 0.391 e. The standard InChI is InChI=1S/C5H9F3.2C5H10F2.2C5H11F.3C5H12.CH4/c1-3-4(2)5(6,7)8;2*1-3-4(2)5(6)7;2*1-3-5(2)4-6;3*1-4-5(2)3;/h4H,3H2,1-2H3;2*4-5H,3H2,1-2H3;2*5H,3-4H2,1-2H3;3*5H,4H2,1-3H3;1H4. The van der Waals surface area contributed by atoms with Crippen molar-refractivity contribution in [2.75, 3.05) is 13.3 Å². The third kappa shape index (κ3) is 91.5. The van der Waals surface area contributed by atoms with Crippen LogP contribution in [0.4, 0.5) is 39.5 Å². The van der Waals surface area contributed by atoms with Crippen LogP contribution in [-0.2, 0) is 0 Å². The van der Waals surface area contributed by atoms with Gasteiger partial charge in [0.05, 0.1) is 19.3 Å². The molecule has 5 unspecified atom stereocenters. The van der Waals surface area contributed by atoms with E-state index in [4.69, 9.17) is 0 Å². The summed E-state index contributed by atoms with van der Waals surface area (Å²) in [6.07, 6.45) is -1.13. The zero-order chi connectivity index (χ0) is 41.3. The third-order valence-electron chi connectivity index (χ3n) is 7.69. The molecule has 0 spiro atoms. The quantitative estimate of drug-likeness (QED) is 0.174. The van der Waals surface area contributed by atoms with Gasteiger partial charge in [-0.3, -0.25) is 8.78 Å². The van der Waals surface area contributed by atoms with E-state index in [1.54, 1.807) is 27.7 Å². The highest BCUT2D eigenvalue weighted by atomic mass is 19.4. The highest BCUT2D eigenvalue weighted by molar-refractivity contribution is 4.58. The lowest BCUT2D eigenvalue weighted by Gasteiger charge is -2.11. The molecule has 0 aromatic rings. The Morgan fingerprint density at radius 3 is 0.580 bits per heavy atom. The molecule has 0 saturated heterocycles. The molecule has 0 aliphatic heterocycles. The molecule has 0 aromatic heterocycles. The van der Waals surface area contributed by atoms with Crippen molar-refractivity contribution >= 4 is 0 Å². The third-order valence-corrected chi connectivity index (χ3v) is 7.69. The van der Waals surface area contributed by atoms with Gasteiger partial charge in [-0.05, 0) is 48.9 Å². The van der Waals surface area contributed by atoms with Crippen molar-refractivity contribution in [3.8, 4) is 0 Å². The Bertz CT molecular complexity index is 472. The van der Waals surface area contributed by atoms with Crippen LogP contribution in [0, 0.1) is 47.3 Å². The molecule has 0 aliphatic carbocycles. The van der Waals surface area contributed by atoms with Gasteiger partial charge in [-0.25, -0.2) is 17.6 Å². The van der Waals surface area contributed by atoms with Gasteiger partial charge in [-0.1, -0.05) is 171 Å². The lowest BCUT2D eigenvalue weighted by atomic mass is 10.1. The Hall–Kier alpha value is -0.630. The van der Waals surface area contributed by atoms with Crippen molar-refractivity contribution in [2.45, 2.75) is 209 Å².